The number of nitrogens with two attached hydrogens (primary N) is 1. The van der Waals surface area contributed by atoms with E-state index >= 15 is 0 Å². The third-order valence-electron chi connectivity index (χ3n) is 3.46. The topological polar surface area (TPSA) is 91.0 Å². The lowest BCUT2D eigenvalue weighted by molar-refractivity contribution is -0.138. The molecule has 2 rings (SSSR count). The van der Waals surface area contributed by atoms with E-state index < -0.39 is 12.0 Å². The van der Waals surface area contributed by atoms with Crippen LogP contribution in [0.2, 0.25) is 0 Å². The second-order valence-corrected chi connectivity index (χ2v) is 5.06. The summed E-state index contributed by atoms with van der Waals surface area (Å²) in [6, 6.07) is 4.46. The molecule has 6 nitrogen and oxygen atoms in total. The highest BCUT2D eigenvalue weighted by atomic mass is 16.5. The largest absolute Gasteiger partial charge is 0.493 e. The van der Waals surface area contributed by atoms with E-state index in [4.69, 9.17) is 25.1 Å². The molecule has 1 fully saturated rings. The van der Waals surface area contributed by atoms with E-state index in [2.05, 4.69) is 0 Å². The number of rotatable bonds is 6. The maximum atomic E-state index is 10.8. The molecule has 0 spiro atoms. The van der Waals surface area contributed by atoms with Gasteiger partial charge in [0.1, 0.15) is 12.1 Å². The van der Waals surface area contributed by atoms with Gasteiger partial charge in [-0.25, -0.2) is 0 Å². The van der Waals surface area contributed by atoms with Gasteiger partial charge in [-0.15, -0.1) is 0 Å². The van der Waals surface area contributed by atoms with Gasteiger partial charge in [-0.2, -0.15) is 0 Å². The highest BCUT2D eigenvalue weighted by molar-refractivity contribution is 5.73. The molecule has 116 valence electrons. The molecule has 1 aliphatic heterocycles. The van der Waals surface area contributed by atoms with Crippen LogP contribution >= 0.6 is 0 Å². The van der Waals surface area contributed by atoms with Crippen LogP contribution in [-0.2, 0) is 16.0 Å². The van der Waals surface area contributed by atoms with E-state index in [0.29, 0.717) is 24.7 Å². The molecule has 1 saturated heterocycles. The van der Waals surface area contributed by atoms with E-state index in [-0.39, 0.29) is 12.5 Å². The first-order chi connectivity index (χ1) is 10.1. The highest BCUT2D eigenvalue weighted by Gasteiger charge is 2.19. The summed E-state index contributed by atoms with van der Waals surface area (Å²) in [5, 5.41) is 8.88. The van der Waals surface area contributed by atoms with Gasteiger partial charge < -0.3 is 25.1 Å². The Morgan fingerprint density at radius 1 is 1.43 bits per heavy atom. The number of ether oxygens (including phenoxy) is 3. The Labute approximate surface area is 123 Å². The molecule has 0 radical (unpaired) electrons. The van der Waals surface area contributed by atoms with Gasteiger partial charge in [0.15, 0.2) is 11.5 Å². The third kappa shape index (κ3) is 4.34. The minimum absolute atomic E-state index is 0.0936. The summed E-state index contributed by atoms with van der Waals surface area (Å²) >= 11 is 0. The number of methoxy groups -OCH3 is 1. The second kappa shape index (κ2) is 7.28. The molecule has 0 aromatic heterocycles. The van der Waals surface area contributed by atoms with Crippen molar-refractivity contribution in [2.45, 2.75) is 31.4 Å². The van der Waals surface area contributed by atoms with Gasteiger partial charge in [0.25, 0.3) is 0 Å². The van der Waals surface area contributed by atoms with Crippen molar-refractivity contribution in [3.8, 4) is 11.5 Å². The van der Waals surface area contributed by atoms with E-state index in [1.807, 2.05) is 0 Å². The van der Waals surface area contributed by atoms with Gasteiger partial charge in [-0.05, 0) is 24.1 Å². The van der Waals surface area contributed by atoms with Gasteiger partial charge in [0, 0.05) is 12.8 Å². The first-order valence-electron chi connectivity index (χ1n) is 7.00. The molecule has 0 amide bonds. The quantitative estimate of drug-likeness (QED) is 0.819. The first-order valence-corrected chi connectivity index (χ1v) is 7.00. The lowest BCUT2D eigenvalue weighted by Gasteiger charge is -2.24. The zero-order valence-electron chi connectivity index (χ0n) is 12.1. The summed E-state index contributed by atoms with van der Waals surface area (Å²) in [5.41, 5.74) is 6.38. The minimum Gasteiger partial charge on any atom is -0.493 e. The Bertz CT molecular complexity index is 485. The number of aliphatic carboxylic acids is 1. The van der Waals surface area contributed by atoms with Crippen LogP contribution in [0.15, 0.2) is 18.2 Å². The Hall–Kier alpha value is -1.79. The average Bonchev–Trinajstić information content (AvgIpc) is 2.48. The van der Waals surface area contributed by atoms with Crippen molar-refractivity contribution in [3.63, 3.8) is 0 Å². The van der Waals surface area contributed by atoms with E-state index in [1.54, 1.807) is 25.3 Å². The smallest absolute Gasteiger partial charge is 0.320 e. The third-order valence-corrected chi connectivity index (χ3v) is 3.46. The second-order valence-electron chi connectivity index (χ2n) is 5.06. The molecule has 1 aromatic rings. The summed E-state index contributed by atoms with van der Waals surface area (Å²) in [6.45, 7) is 1.38. The summed E-state index contributed by atoms with van der Waals surface area (Å²) < 4.78 is 16.6. The number of carbonyl (C=O) groups is 1. The van der Waals surface area contributed by atoms with E-state index in [0.717, 1.165) is 18.4 Å². The van der Waals surface area contributed by atoms with Crippen LogP contribution in [0.3, 0.4) is 0 Å². The van der Waals surface area contributed by atoms with Crippen LogP contribution in [0.5, 0.6) is 11.5 Å². The van der Waals surface area contributed by atoms with Crippen LogP contribution in [0, 0.1) is 0 Å². The molecule has 0 bridgehead atoms. The van der Waals surface area contributed by atoms with Crippen LogP contribution in [0.25, 0.3) is 0 Å². The predicted octanol–water partition coefficient (Wildman–Crippen LogP) is 1.21. The molecule has 1 aromatic carbocycles. The molecule has 21 heavy (non-hydrogen) atoms. The van der Waals surface area contributed by atoms with Crippen molar-refractivity contribution in [1.29, 1.82) is 0 Å². The molecular weight excluding hydrogens is 274 g/mol. The molecule has 1 aliphatic rings. The van der Waals surface area contributed by atoms with Gasteiger partial charge in [0.2, 0.25) is 0 Å². The Kier molecular flexibility index (Phi) is 5.41. The van der Waals surface area contributed by atoms with Gasteiger partial charge in [0.05, 0.1) is 20.3 Å². The standard InChI is InChI=1S/C15H21NO5/c1-19-13-3-2-10(8-12(16)15(17)18)9-14(13)21-11-4-6-20-7-5-11/h2-3,9,11-12H,4-8,16H2,1H3,(H,17,18). The lowest BCUT2D eigenvalue weighted by atomic mass is 10.1. The first kappa shape index (κ1) is 15.6. The summed E-state index contributed by atoms with van der Waals surface area (Å²) in [4.78, 5) is 10.8. The molecule has 3 N–H and O–H groups in total. The maximum absolute atomic E-state index is 10.8. The molecule has 1 heterocycles. The number of hydrogen-bond donors (Lipinski definition) is 2. The molecule has 0 saturated carbocycles. The number of carboxylic acid groups (broad SMARTS) is 1. The fourth-order valence-corrected chi connectivity index (χ4v) is 2.25. The van der Waals surface area contributed by atoms with Crippen molar-refractivity contribution in [1.82, 2.24) is 0 Å². The number of benzene rings is 1. The molecule has 1 unspecified atom stereocenters. The fraction of sp³-hybridized carbons (Fsp3) is 0.533. The van der Waals surface area contributed by atoms with Gasteiger partial charge in [-0.3, -0.25) is 4.79 Å². The summed E-state index contributed by atoms with van der Waals surface area (Å²) in [5.74, 6) is 0.242. The zero-order valence-corrected chi connectivity index (χ0v) is 12.1. The molecule has 6 heteroatoms. The van der Waals surface area contributed by atoms with Gasteiger partial charge in [-0.1, -0.05) is 6.07 Å². The van der Waals surface area contributed by atoms with Gasteiger partial charge >= 0.3 is 5.97 Å². The molecular formula is C15H21NO5. The van der Waals surface area contributed by atoms with Crippen molar-refractivity contribution in [2.24, 2.45) is 5.73 Å². The highest BCUT2D eigenvalue weighted by Crippen LogP contribution is 2.30. The fourth-order valence-electron chi connectivity index (χ4n) is 2.25. The Morgan fingerprint density at radius 2 is 2.14 bits per heavy atom. The summed E-state index contributed by atoms with van der Waals surface area (Å²) in [7, 11) is 1.58. The zero-order chi connectivity index (χ0) is 15.2. The molecule has 0 aliphatic carbocycles. The van der Waals surface area contributed by atoms with E-state index in [1.165, 1.54) is 0 Å². The van der Waals surface area contributed by atoms with Crippen molar-refractivity contribution in [2.75, 3.05) is 20.3 Å². The minimum atomic E-state index is -1.02. The predicted molar refractivity (Wildman–Crippen MR) is 76.8 cm³/mol. The van der Waals surface area contributed by atoms with Crippen LogP contribution in [-0.4, -0.2) is 43.5 Å². The Morgan fingerprint density at radius 3 is 2.76 bits per heavy atom. The van der Waals surface area contributed by atoms with Crippen molar-refractivity contribution < 1.29 is 24.1 Å². The number of carboxylic acids is 1. The van der Waals surface area contributed by atoms with Crippen LogP contribution in [0.4, 0.5) is 0 Å². The monoisotopic (exact) mass is 295 g/mol. The summed E-state index contributed by atoms with van der Waals surface area (Å²) in [6.07, 6.45) is 2.02. The van der Waals surface area contributed by atoms with Crippen molar-refractivity contribution >= 4 is 5.97 Å². The maximum Gasteiger partial charge on any atom is 0.320 e. The molecule has 1 atom stereocenters. The normalized spacial score (nSPS) is 17.2. The SMILES string of the molecule is COc1ccc(CC(N)C(=O)O)cc1OC1CCOCC1. The average molecular weight is 295 g/mol. The number of hydrogen-bond acceptors (Lipinski definition) is 5. The lowest BCUT2D eigenvalue weighted by Crippen LogP contribution is -2.32. The Balaban J connectivity index is 2.11. The van der Waals surface area contributed by atoms with Crippen LogP contribution in [0.1, 0.15) is 18.4 Å². The van der Waals surface area contributed by atoms with Crippen LogP contribution < -0.4 is 15.2 Å². The van der Waals surface area contributed by atoms with E-state index in [9.17, 15) is 4.79 Å². The van der Waals surface area contributed by atoms with Crippen molar-refractivity contribution in [3.05, 3.63) is 23.8 Å².